The quantitative estimate of drug-likeness (QED) is 0.581. The van der Waals surface area contributed by atoms with Gasteiger partial charge >= 0.3 is 0 Å². The monoisotopic (exact) mass is 469 g/mol. The normalized spacial score (nSPS) is 21.2. The maximum absolute atomic E-state index is 13.0. The van der Waals surface area contributed by atoms with Crippen LogP contribution < -0.4 is 10.6 Å². The van der Waals surface area contributed by atoms with E-state index in [1.165, 1.54) is 10.4 Å². The molecule has 2 aromatic rings. The predicted octanol–water partition coefficient (Wildman–Crippen LogP) is 2.96. The summed E-state index contributed by atoms with van der Waals surface area (Å²) in [5.41, 5.74) is 2.20. The molecule has 2 atom stereocenters. The van der Waals surface area contributed by atoms with Crippen LogP contribution >= 0.6 is 0 Å². The largest absolute Gasteiger partial charge is 0.349 e. The number of hydrogen-bond donors (Lipinski definition) is 2. The fraction of sp³-hybridized carbons (Fsp3) is 0.360. The zero-order chi connectivity index (χ0) is 24.0. The fourth-order valence-electron chi connectivity index (χ4n) is 4.21. The summed E-state index contributed by atoms with van der Waals surface area (Å²) in [6, 6.07) is 16.2. The second kappa shape index (κ2) is 10.8. The summed E-state index contributed by atoms with van der Waals surface area (Å²) in [4.78, 5) is 23.9. The van der Waals surface area contributed by atoms with Crippen molar-refractivity contribution in [3.8, 4) is 0 Å². The first kappa shape index (κ1) is 24.7. The van der Waals surface area contributed by atoms with Crippen LogP contribution in [0.15, 0.2) is 67.3 Å². The van der Waals surface area contributed by atoms with Crippen molar-refractivity contribution >= 4 is 27.5 Å². The van der Waals surface area contributed by atoms with Crippen molar-refractivity contribution in [1.82, 2.24) is 9.62 Å². The molecule has 2 aromatic carbocycles. The summed E-state index contributed by atoms with van der Waals surface area (Å²) in [5, 5.41) is 5.75. The summed E-state index contributed by atoms with van der Waals surface area (Å²) in [7, 11) is -3.52. The summed E-state index contributed by atoms with van der Waals surface area (Å²) >= 11 is 0. The number of amides is 2. The average molecular weight is 470 g/mol. The van der Waals surface area contributed by atoms with Gasteiger partial charge in [0.25, 0.3) is 0 Å². The van der Waals surface area contributed by atoms with E-state index in [1.54, 1.807) is 24.3 Å². The third-order valence-electron chi connectivity index (χ3n) is 5.89. The standard InChI is InChI=1S/C25H31N3O4S/c1-4-23(29)27-25-18(2)15-28(16-19(25)3)33(31,32)17-21-10-12-22(13-11-21)26-24(30)14-20-8-6-5-7-9-20/h4-13,18-19,25H,1,14-17H2,2-3H3,(H,26,30)(H,27,29). The molecule has 176 valence electrons. The molecule has 0 bridgehead atoms. The number of nitrogens with one attached hydrogen (secondary N) is 2. The van der Waals surface area contributed by atoms with Crippen molar-refractivity contribution in [1.29, 1.82) is 0 Å². The lowest BCUT2D eigenvalue weighted by atomic mass is 9.87. The van der Waals surface area contributed by atoms with E-state index in [1.807, 2.05) is 44.2 Å². The third-order valence-corrected chi connectivity index (χ3v) is 7.67. The Kier molecular flexibility index (Phi) is 8.05. The smallest absolute Gasteiger partial charge is 0.243 e. The minimum atomic E-state index is -3.52. The molecular weight excluding hydrogens is 438 g/mol. The number of rotatable bonds is 8. The maximum Gasteiger partial charge on any atom is 0.243 e. The van der Waals surface area contributed by atoms with Gasteiger partial charge < -0.3 is 10.6 Å². The van der Waals surface area contributed by atoms with E-state index in [-0.39, 0.29) is 41.9 Å². The number of sulfonamides is 1. The van der Waals surface area contributed by atoms with Gasteiger partial charge in [-0.2, -0.15) is 0 Å². The lowest BCUT2D eigenvalue weighted by Crippen LogP contribution is -2.55. The lowest BCUT2D eigenvalue weighted by Gasteiger charge is -2.40. The van der Waals surface area contributed by atoms with Crippen LogP contribution in [-0.4, -0.2) is 43.7 Å². The highest BCUT2D eigenvalue weighted by molar-refractivity contribution is 7.88. The molecule has 1 aliphatic heterocycles. The number of benzene rings is 2. The van der Waals surface area contributed by atoms with Crippen LogP contribution in [-0.2, 0) is 31.8 Å². The van der Waals surface area contributed by atoms with Gasteiger partial charge in [-0.05, 0) is 41.2 Å². The van der Waals surface area contributed by atoms with Crippen molar-refractivity contribution in [3.63, 3.8) is 0 Å². The Balaban J connectivity index is 1.58. The zero-order valence-electron chi connectivity index (χ0n) is 19.0. The Morgan fingerprint density at radius 3 is 2.18 bits per heavy atom. The van der Waals surface area contributed by atoms with E-state index in [0.29, 0.717) is 24.3 Å². The molecule has 1 saturated heterocycles. The van der Waals surface area contributed by atoms with Crippen LogP contribution in [0.5, 0.6) is 0 Å². The van der Waals surface area contributed by atoms with Gasteiger partial charge in [-0.1, -0.05) is 62.9 Å². The Morgan fingerprint density at radius 2 is 1.61 bits per heavy atom. The first-order valence-electron chi connectivity index (χ1n) is 11.0. The minimum Gasteiger partial charge on any atom is -0.349 e. The van der Waals surface area contributed by atoms with Crippen LogP contribution in [0.25, 0.3) is 0 Å². The molecule has 2 amide bonds. The van der Waals surface area contributed by atoms with Crippen molar-refractivity contribution in [3.05, 3.63) is 78.4 Å². The van der Waals surface area contributed by atoms with E-state index >= 15 is 0 Å². The number of nitrogens with zero attached hydrogens (tertiary/aromatic N) is 1. The van der Waals surface area contributed by atoms with Crippen molar-refractivity contribution in [2.45, 2.75) is 32.1 Å². The van der Waals surface area contributed by atoms with Gasteiger partial charge in [0.05, 0.1) is 12.2 Å². The third kappa shape index (κ3) is 6.76. The summed E-state index contributed by atoms with van der Waals surface area (Å²) in [6.07, 6.45) is 1.51. The molecule has 7 nitrogen and oxygen atoms in total. The van der Waals surface area contributed by atoms with E-state index in [9.17, 15) is 18.0 Å². The number of carbonyl (C=O) groups is 2. The van der Waals surface area contributed by atoms with Crippen LogP contribution in [0, 0.1) is 11.8 Å². The van der Waals surface area contributed by atoms with Gasteiger partial charge in [0.15, 0.2) is 0 Å². The molecule has 0 spiro atoms. The highest BCUT2D eigenvalue weighted by Crippen LogP contribution is 2.26. The van der Waals surface area contributed by atoms with Gasteiger partial charge in [-0.25, -0.2) is 12.7 Å². The molecular formula is C25H31N3O4S. The van der Waals surface area contributed by atoms with Gasteiger partial charge in [0.1, 0.15) is 0 Å². The second-order valence-corrected chi connectivity index (χ2v) is 10.6. The topological polar surface area (TPSA) is 95.6 Å². The molecule has 0 radical (unpaired) electrons. The van der Waals surface area contributed by atoms with Crippen LogP contribution in [0.2, 0.25) is 0 Å². The Labute approximate surface area is 195 Å². The molecule has 0 aromatic heterocycles. The van der Waals surface area contributed by atoms with Crippen LogP contribution in [0.4, 0.5) is 5.69 Å². The molecule has 33 heavy (non-hydrogen) atoms. The van der Waals surface area contributed by atoms with Crippen molar-refractivity contribution < 1.29 is 18.0 Å². The fourth-order valence-corrected chi connectivity index (χ4v) is 5.93. The molecule has 8 heteroatoms. The first-order valence-corrected chi connectivity index (χ1v) is 12.6. The minimum absolute atomic E-state index is 0.0189. The number of anilines is 1. The Morgan fingerprint density at radius 1 is 1.00 bits per heavy atom. The summed E-state index contributed by atoms with van der Waals surface area (Å²) in [5.74, 6) is -0.528. The van der Waals surface area contributed by atoms with Crippen molar-refractivity contribution in [2.24, 2.45) is 11.8 Å². The first-order chi connectivity index (χ1) is 15.7. The highest BCUT2D eigenvalue weighted by atomic mass is 32.2. The summed E-state index contributed by atoms with van der Waals surface area (Å²) < 4.78 is 27.6. The number of hydrogen-bond acceptors (Lipinski definition) is 4. The van der Waals surface area contributed by atoms with E-state index in [0.717, 1.165) is 5.56 Å². The van der Waals surface area contributed by atoms with Crippen LogP contribution in [0.3, 0.4) is 0 Å². The predicted molar refractivity (Wildman–Crippen MR) is 130 cm³/mol. The average Bonchev–Trinajstić information content (AvgIpc) is 2.77. The van der Waals surface area contributed by atoms with Gasteiger partial charge in [0, 0.05) is 24.8 Å². The van der Waals surface area contributed by atoms with E-state index in [4.69, 9.17) is 0 Å². The molecule has 0 aliphatic carbocycles. The molecule has 1 heterocycles. The van der Waals surface area contributed by atoms with Gasteiger partial charge in [-0.15, -0.1) is 0 Å². The number of carbonyl (C=O) groups excluding carboxylic acids is 2. The Bertz CT molecular complexity index is 1070. The molecule has 0 saturated carbocycles. The van der Waals surface area contributed by atoms with Gasteiger partial charge in [0.2, 0.25) is 21.8 Å². The van der Waals surface area contributed by atoms with E-state index in [2.05, 4.69) is 17.2 Å². The highest BCUT2D eigenvalue weighted by Gasteiger charge is 2.37. The molecule has 1 aliphatic rings. The maximum atomic E-state index is 13.0. The molecule has 2 unspecified atom stereocenters. The van der Waals surface area contributed by atoms with Crippen molar-refractivity contribution in [2.75, 3.05) is 18.4 Å². The van der Waals surface area contributed by atoms with Crippen LogP contribution in [0.1, 0.15) is 25.0 Å². The Hall–Kier alpha value is -2.97. The summed E-state index contributed by atoms with van der Waals surface area (Å²) in [6.45, 7) is 8.06. The van der Waals surface area contributed by atoms with E-state index < -0.39 is 10.0 Å². The number of piperidine rings is 1. The molecule has 3 rings (SSSR count). The van der Waals surface area contributed by atoms with Gasteiger partial charge in [-0.3, -0.25) is 9.59 Å². The zero-order valence-corrected chi connectivity index (χ0v) is 19.8. The lowest BCUT2D eigenvalue weighted by molar-refractivity contribution is -0.118. The SMILES string of the molecule is C=CC(=O)NC1C(C)CN(S(=O)(=O)Cc2ccc(NC(=O)Cc3ccccc3)cc2)CC1C. The second-order valence-electron chi connectivity index (χ2n) is 8.67. The molecule has 1 fully saturated rings. The molecule has 2 N–H and O–H groups in total.